The van der Waals surface area contributed by atoms with E-state index in [9.17, 15) is 18.4 Å². The van der Waals surface area contributed by atoms with Crippen molar-refractivity contribution in [1.82, 2.24) is 4.90 Å². The summed E-state index contributed by atoms with van der Waals surface area (Å²) >= 11 is -0.124. The van der Waals surface area contributed by atoms with Crippen molar-refractivity contribution in [3.8, 4) is 5.75 Å². The molecule has 2 fully saturated rings. The van der Waals surface area contributed by atoms with Crippen molar-refractivity contribution in [1.29, 1.82) is 0 Å². The smallest absolute Gasteiger partial charge is 0.248 e. The molecule has 2 N–H and O–H groups in total. The summed E-state index contributed by atoms with van der Waals surface area (Å²) in [4.78, 5) is 29.2. The van der Waals surface area contributed by atoms with Crippen molar-refractivity contribution in [2.75, 3.05) is 28.8 Å². The van der Waals surface area contributed by atoms with Gasteiger partial charge in [-0.1, -0.05) is 18.2 Å². The summed E-state index contributed by atoms with van der Waals surface area (Å²) in [5.74, 6) is -2.59. The van der Waals surface area contributed by atoms with Gasteiger partial charge < -0.3 is 20.3 Å². The van der Waals surface area contributed by atoms with Crippen molar-refractivity contribution in [2.45, 2.75) is 55.9 Å². The summed E-state index contributed by atoms with van der Waals surface area (Å²) < 4.78 is 36.8. The van der Waals surface area contributed by atoms with Gasteiger partial charge in [-0.05, 0) is 59.5 Å². The fourth-order valence-electron chi connectivity index (χ4n) is 5.52. The van der Waals surface area contributed by atoms with Crippen molar-refractivity contribution in [3.63, 3.8) is 0 Å². The summed E-state index contributed by atoms with van der Waals surface area (Å²) in [6.07, 6.45) is 0.648. The van der Waals surface area contributed by atoms with Gasteiger partial charge in [0.2, 0.25) is 17.7 Å². The molecule has 2 amide bonds. The second-order valence-corrected chi connectivity index (χ2v) is 11.9. The third-order valence-electron chi connectivity index (χ3n) is 7.59. The Morgan fingerprint density at radius 3 is 2.58 bits per heavy atom. The van der Waals surface area contributed by atoms with Gasteiger partial charge in [0, 0.05) is 30.6 Å². The van der Waals surface area contributed by atoms with E-state index in [4.69, 9.17) is 4.74 Å². The highest BCUT2D eigenvalue weighted by molar-refractivity contribution is 14.2. The molecular formula is C27H30F2IN3O3. The van der Waals surface area contributed by atoms with Crippen LogP contribution in [0.2, 0.25) is 0 Å². The van der Waals surface area contributed by atoms with Gasteiger partial charge in [-0.3, -0.25) is 9.59 Å². The SMILES string of the molecule is COc1ccc(C2(C(=O)N3CCCC3C(=O)Nc3cccc4c3C=ICN4)CCC(F)(F)CC2)cc1. The molecule has 6 nitrogen and oxygen atoms in total. The van der Waals surface area contributed by atoms with Crippen LogP contribution < -0.4 is 15.4 Å². The molecule has 0 spiro atoms. The molecule has 2 aliphatic heterocycles. The van der Waals surface area contributed by atoms with E-state index < -0.39 is 17.4 Å². The van der Waals surface area contributed by atoms with Crippen LogP contribution in [0.5, 0.6) is 5.75 Å². The Kier molecular flexibility index (Phi) is 7.02. The first-order valence-corrected chi connectivity index (χ1v) is 15.0. The Morgan fingerprint density at radius 1 is 1.11 bits per heavy atom. The third kappa shape index (κ3) is 4.73. The molecule has 5 rings (SSSR count). The van der Waals surface area contributed by atoms with Crippen LogP contribution in [0.25, 0.3) is 0 Å². The van der Waals surface area contributed by atoms with Crippen molar-refractivity contribution >= 4 is 47.9 Å². The lowest BCUT2D eigenvalue weighted by Crippen LogP contribution is -2.54. The van der Waals surface area contributed by atoms with Gasteiger partial charge in [0.25, 0.3) is 0 Å². The zero-order valence-electron chi connectivity index (χ0n) is 20.2. The highest BCUT2D eigenvalue weighted by Crippen LogP contribution is 2.47. The van der Waals surface area contributed by atoms with Crippen molar-refractivity contribution in [3.05, 3.63) is 53.6 Å². The number of ether oxygens (including phenoxy) is 1. The van der Waals surface area contributed by atoms with E-state index in [-0.39, 0.29) is 58.2 Å². The van der Waals surface area contributed by atoms with Gasteiger partial charge in [-0.15, -0.1) is 20.7 Å². The first-order valence-electron chi connectivity index (χ1n) is 12.3. The van der Waals surface area contributed by atoms with Crippen LogP contribution in [0, 0.1) is 0 Å². The number of amides is 2. The Labute approximate surface area is 219 Å². The number of benzene rings is 2. The minimum atomic E-state index is -2.78. The number of anilines is 2. The molecule has 2 heterocycles. The molecule has 0 radical (unpaired) electrons. The number of carbonyl (C=O) groups is 2. The number of alkyl halides is 3. The van der Waals surface area contributed by atoms with Crippen LogP contribution in [-0.2, 0) is 15.0 Å². The summed E-state index contributed by atoms with van der Waals surface area (Å²) in [6, 6.07) is 12.3. The first kappa shape index (κ1) is 25.1. The molecule has 9 heteroatoms. The zero-order valence-corrected chi connectivity index (χ0v) is 22.3. The van der Waals surface area contributed by atoms with E-state index in [1.807, 2.05) is 18.2 Å². The fraction of sp³-hybridized carbons (Fsp3) is 0.444. The Balaban J connectivity index is 1.42. The second-order valence-electron chi connectivity index (χ2n) is 9.65. The van der Waals surface area contributed by atoms with Gasteiger partial charge in [0.15, 0.2) is 0 Å². The Bertz CT molecular complexity index is 1180. The standard InChI is InChI=1S/C27H30F2IN3O3/c1-36-19-9-7-18(8-10-19)26(11-13-27(28,29)14-12-26)25(35)33-15-3-6-23(33)24(34)32-22-5-2-4-21-20(22)16-30-17-31-21/h2,4-5,7-10,16,23,31H,3,6,11-15,17H2,1H3,(H,32,34). The largest absolute Gasteiger partial charge is 0.497 e. The van der Waals surface area contributed by atoms with Gasteiger partial charge in [0.05, 0.1) is 22.8 Å². The highest BCUT2D eigenvalue weighted by Gasteiger charge is 2.52. The highest BCUT2D eigenvalue weighted by atomic mass is 127. The van der Waals surface area contributed by atoms with E-state index in [1.54, 1.807) is 36.3 Å². The quantitative estimate of drug-likeness (QED) is 0.275. The van der Waals surface area contributed by atoms with Gasteiger partial charge in [-0.25, -0.2) is 8.78 Å². The normalized spacial score (nSPS) is 22.1. The van der Waals surface area contributed by atoms with Gasteiger partial charge >= 0.3 is 0 Å². The molecule has 3 aliphatic rings. The number of nitrogens with zero attached hydrogens (tertiary/aromatic N) is 1. The summed E-state index contributed by atoms with van der Waals surface area (Å²) in [5.41, 5.74) is 2.37. The number of carbonyl (C=O) groups excluding carboxylic acids is 2. The number of hydrogen-bond acceptors (Lipinski definition) is 4. The average Bonchev–Trinajstić information content (AvgIpc) is 3.39. The molecule has 36 heavy (non-hydrogen) atoms. The molecule has 1 saturated carbocycles. The summed E-state index contributed by atoms with van der Waals surface area (Å²) in [5, 5.41) is 6.44. The van der Waals surface area contributed by atoms with Crippen LogP contribution >= 0.6 is 20.7 Å². The molecule has 1 saturated heterocycles. The minimum Gasteiger partial charge on any atom is -0.497 e. The summed E-state index contributed by atoms with van der Waals surface area (Å²) in [6.45, 7) is 0.442. The molecule has 2 aromatic rings. The topological polar surface area (TPSA) is 70.7 Å². The lowest BCUT2D eigenvalue weighted by molar-refractivity contribution is -0.146. The summed E-state index contributed by atoms with van der Waals surface area (Å²) in [7, 11) is 1.56. The van der Waals surface area contributed by atoms with Crippen LogP contribution in [0.4, 0.5) is 20.2 Å². The van der Waals surface area contributed by atoms with Crippen LogP contribution in [-0.4, -0.2) is 50.9 Å². The lowest BCUT2D eigenvalue weighted by atomic mass is 9.67. The number of nitrogens with one attached hydrogen (secondary N) is 2. The van der Waals surface area contributed by atoms with Crippen molar-refractivity contribution in [2.24, 2.45) is 0 Å². The Morgan fingerprint density at radius 2 is 1.86 bits per heavy atom. The maximum absolute atomic E-state index is 14.2. The zero-order chi connectivity index (χ0) is 25.3. The molecule has 0 aromatic heterocycles. The predicted molar refractivity (Wildman–Crippen MR) is 146 cm³/mol. The number of rotatable bonds is 5. The van der Waals surface area contributed by atoms with Gasteiger partial charge in [0.1, 0.15) is 11.8 Å². The molecule has 0 bridgehead atoms. The number of likely N-dealkylation sites (tertiary alicyclic amines) is 1. The number of fused-ring (bicyclic) bond motifs is 1. The third-order valence-corrected chi connectivity index (χ3v) is 9.47. The minimum absolute atomic E-state index is 0.0481. The number of halogens is 3. The molecule has 1 unspecified atom stereocenters. The maximum Gasteiger partial charge on any atom is 0.248 e. The number of methoxy groups -OCH3 is 1. The molecule has 2 aromatic carbocycles. The van der Waals surface area contributed by atoms with E-state index in [2.05, 4.69) is 14.6 Å². The second kappa shape index (κ2) is 10.1. The average molecular weight is 609 g/mol. The first-order chi connectivity index (χ1) is 17.3. The van der Waals surface area contributed by atoms with E-state index >= 15 is 0 Å². The predicted octanol–water partition coefficient (Wildman–Crippen LogP) is 5.28. The van der Waals surface area contributed by atoms with E-state index in [0.717, 1.165) is 21.5 Å². The fourth-order valence-corrected chi connectivity index (χ4v) is 7.49. The maximum atomic E-state index is 14.2. The van der Waals surface area contributed by atoms with E-state index in [0.29, 0.717) is 30.7 Å². The van der Waals surface area contributed by atoms with Crippen LogP contribution in [0.3, 0.4) is 0 Å². The van der Waals surface area contributed by atoms with Crippen LogP contribution in [0.1, 0.15) is 49.7 Å². The number of hydrogen-bond donors (Lipinski definition) is 2. The monoisotopic (exact) mass is 609 g/mol. The lowest BCUT2D eigenvalue weighted by Gasteiger charge is -2.42. The van der Waals surface area contributed by atoms with Crippen LogP contribution in [0.15, 0.2) is 42.5 Å². The Hall–Kier alpha value is -2.56. The molecule has 1 atom stereocenters. The molecule has 1 aliphatic carbocycles. The molecule has 192 valence electrons. The van der Waals surface area contributed by atoms with Gasteiger partial charge in [-0.2, -0.15) is 0 Å². The molecular weight excluding hydrogens is 579 g/mol. The van der Waals surface area contributed by atoms with Crippen molar-refractivity contribution < 1.29 is 23.1 Å². The van der Waals surface area contributed by atoms with E-state index in [1.165, 1.54) is 0 Å².